The molecule has 2 rings (SSSR count). The van der Waals surface area contributed by atoms with Crippen LogP contribution in [0.1, 0.15) is 57.3 Å². The van der Waals surface area contributed by atoms with E-state index >= 15 is 0 Å². The van der Waals surface area contributed by atoms with Crippen LogP contribution in [0, 0.1) is 11.2 Å². The number of hydrogen-bond acceptors (Lipinski definition) is 5. The van der Waals surface area contributed by atoms with E-state index in [9.17, 15) is 9.18 Å². The van der Waals surface area contributed by atoms with Crippen molar-refractivity contribution in [2.75, 3.05) is 52.5 Å². The number of benzene rings is 1. The molecule has 0 saturated carbocycles. The highest BCUT2D eigenvalue weighted by molar-refractivity contribution is 5.89. The van der Waals surface area contributed by atoms with Gasteiger partial charge in [-0.3, -0.25) is 0 Å². The van der Waals surface area contributed by atoms with Crippen LogP contribution in [-0.2, 0) is 4.74 Å². The van der Waals surface area contributed by atoms with Gasteiger partial charge in [-0.2, -0.15) is 0 Å². The molecule has 5 nitrogen and oxygen atoms in total. The van der Waals surface area contributed by atoms with Crippen LogP contribution in [0.3, 0.4) is 0 Å². The lowest BCUT2D eigenvalue weighted by Crippen LogP contribution is -2.47. The molecule has 0 unspecified atom stereocenters. The van der Waals surface area contributed by atoms with Crippen molar-refractivity contribution in [3.8, 4) is 5.75 Å². The summed E-state index contributed by atoms with van der Waals surface area (Å²) in [4.78, 5) is 16.7. The van der Waals surface area contributed by atoms with Gasteiger partial charge < -0.3 is 19.3 Å². The summed E-state index contributed by atoms with van der Waals surface area (Å²) in [5.74, 6) is -0.858. The van der Waals surface area contributed by atoms with Crippen LogP contribution in [-0.4, -0.2) is 68.3 Å². The second-order valence-electron chi connectivity index (χ2n) is 8.92. The fourth-order valence-corrected chi connectivity index (χ4v) is 3.31. The Kier molecular flexibility index (Phi) is 9.37. The fourth-order valence-electron chi connectivity index (χ4n) is 3.31. The molecule has 0 N–H and O–H groups in total. The lowest BCUT2D eigenvalue weighted by atomic mass is 9.92. The van der Waals surface area contributed by atoms with Gasteiger partial charge in [-0.05, 0) is 62.9 Å². The van der Waals surface area contributed by atoms with E-state index < -0.39 is 11.8 Å². The zero-order chi connectivity index (χ0) is 21.3. The number of piperazine rings is 1. The Morgan fingerprint density at radius 1 is 1.07 bits per heavy atom. The van der Waals surface area contributed by atoms with E-state index in [2.05, 4.69) is 30.6 Å². The van der Waals surface area contributed by atoms with Gasteiger partial charge in [0.1, 0.15) is 0 Å². The van der Waals surface area contributed by atoms with Gasteiger partial charge in [-0.1, -0.05) is 20.8 Å². The Bertz CT molecular complexity index is 638. The van der Waals surface area contributed by atoms with Crippen molar-refractivity contribution in [2.45, 2.75) is 47.0 Å². The van der Waals surface area contributed by atoms with Crippen LogP contribution < -0.4 is 4.74 Å². The maximum atomic E-state index is 14.1. The average molecular weight is 409 g/mol. The summed E-state index contributed by atoms with van der Waals surface area (Å²) in [6.45, 7) is 16.1. The Morgan fingerprint density at radius 2 is 1.72 bits per heavy atom. The van der Waals surface area contributed by atoms with Gasteiger partial charge in [0, 0.05) is 26.2 Å². The highest BCUT2D eigenvalue weighted by atomic mass is 19.1. The first-order valence-corrected chi connectivity index (χ1v) is 10.8. The SMILES string of the molecule is CCOC(=O)c1ccc(OCCCCN2CCN(CCC(C)(C)C)CC2)c(F)c1. The van der Waals surface area contributed by atoms with Crippen molar-refractivity contribution >= 4 is 5.97 Å². The number of unbranched alkanes of at least 4 members (excludes halogenated alkanes) is 1. The average Bonchev–Trinajstić information content (AvgIpc) is 2.67. The quantitative estimate of drug-likeness (QED) is 0.428. The van der Waals surface area contributed by atoms with Gasteiger partial charge in [-0.25, -0.2) is 9.18 Å². The predicted octanol–water partition coefficient (Wildman–Crippen LogP) is 4.22. The number of esters is 1. The second-order valence-corrected chi connectivity index (χ2v) is 8.92. The Morgan fingerprint density at radius 3 is 2.31 bits per heavy atom. The molecule has 29 heavy (non-hydrogen) atoms. The van der Waals surface area contributed by atoms with Gasteiger partial charge in [0.2, 0.25) is 0 Å². The predicted molar refractivity (Wildman–Crippen MR) is 114 cm³/mol. The molecule has 1 aliphatic heterocycles. The first kappa shape index (κ1) is 23.6. The van der Waals surface area contributed by atoms with Gasteiger partial charge >= 0.3 is 5.97 Å². The summed E-state index contributed by atoms with van der Waals surface area (Å²) in [7, 11) is 0. The minimum Gasteiger partial charge on any atom is -0.491 e. The number of halogens is 1. The van der Waals surface area contributed by atoms with Crippen LogP contribution in [0.5, 0.6) is 5.75 Å². The van der Waals surface area contributed by atoms with Crippen LogP contribution in [0.25, 0.3) is 0 Å². The highest BCUT2D eigenvalue weighted by Crippen LogP contribution is 2.20. The summed E-state index contributed by atoms with van der Waals surface area (Å²) < 4.78 is 24.5. The molecular formula is C23H37FN2O3. The molecule has 6 heteroatoms. The maximum absolute atomic E-state index is 14.1. The monoisotopic (exact) mass is 408 g/mol. The molecule has 1 aliphatic rings. The third kappa shape index (κ3) is 8.70. The molecule has 1 fully saturated rings. The molecule has 0 aliphatic carbocycles. The first-order valence-electron chi connectivity index (χ1n) is 10.8. The van der Waals surface area contributed by atoms with E-state index in [1.54, 1.807) is 6.92 Å². The minimum atomic E-state index is -0.526. The summed E-state index contributed by atoms with van der Waals surface area (Å²) in [5, 5.41) is 0. The van der Waals surface area contributed by atoms with E-state index in [0.717, 1.165) is 45.6 Å². The van der Waals surface area contributed by atoms with Crippen molar-refractivity contribution in [2.24, 2.45) is 5.41 Å². The molecule has 1 saturated heterocycles. The summed E-state index contributed by atoms with van der Waals surface area (Å²) in [6.07, 6.45) is 3.15. The maximum Gasteiger partial charge on any atom is 0.338 e. The van der Waals surface area contributed by atoms with E-state index in [0.29, 0.717) is 12.0 Å². The topological polar surface area (TPSA) is 42.0 Å². The van der Waals surface area contributed by atoms with Gasteiger partial charge in [0.25, 0.3) is 0 Å². The Hall–Kier alpha value is -1.66. The minimum absolute atomic E-state index is 0.186. The normalized spacial score (nSPS) is 16.0. The summed E-state index contributed by atoms with van der Waals surface area (Å²) in [6, 6.07) is 4.21. The first-order chi connectivity index (χ1) is 13.8. The smallest absolute Gasteiger partial charge is 0.338 e. The lowest BCUT2D eigenvalue weighted by molar-refractivity contribution is 0.0525. The number of hydrogen-bond donors (Lipinski definition) is 0. The van der Waals surface area contributed by atoms with E-state index in [-0.39, 0.29) is 17.9 Å². The summed E-state index contributed by atoms with van der Waals surface area (Å²) >= 11 is 0. The van der Waals surface area contributed by atoms with Crippen LogP contribution >= 0.6 is 0 Å². The zero-order valence-electron chi connectivity index (χ0n) is 18.5. The highest BCUT2D eigenvalue weighted by Gasteiger charge is 2.18. The van der Waals surface area contributed by atoms with Gasteiger partial charge in [-0.15, -0.1) is 0 Å². The molecule has 1 heterocycles. The van der Waals surface area contributed by atoms with Crippen LogP contribution in [0.2, 0.25) is 0 Å². The molecule has 164 valence electrons. The van der Waals surface area contributed by atoms with Crippen molar-refractivity contribution < 1.29 is 18.7 Å². The Labute approximate surface area is 175 Å². The van der Waals surface area contributed by atoms with Crippen molar-refractivity contribution in [1.29, 1.82) is 0 Å². The molecule has 1 aromatic carbocycles. The second kappa shape index (κ2) is 11.5. The number of carbonyl (C=O) groups excluding carboxylic acids is 1. The molecule has 1 aromatic rings. The Balaban J connectivity index is 1.60. The molecule has 0 radical (unpaired) electrons. The number of rotatable bonds is 10. The van der Waals surface area contributed by atoms with E-state index in [4.69, 9.17) is 9.47 Å². The van der Waals surface area contributed by atoms with Crippen LogP contribution in [0.15, 0.2) is 18.2 Å². The van der Waals surface area contributed by atoms with Crippen molar-refractivity contribution in [3.63, 3.8) is 0 Å². The van der Waals surface area contributed by atoms with E-state index in [1.807, 2.05) is 0 Å². The third-order valence-corrected chi connectivity index (χ3v) is 5.21. The zero-order valence-corrected chi connectivity index (χ0v) is 18.5. The summed E-state index contributed by atoms with van der Waals surface area (Å²) in [5.41, 5.74) is 0.605. The largest absolute Gasteiger partial charge is 0.491 e. The molecule has 0 spiro atoms. The van der Waals surface area contributed by atoms with Crippen LogP contribution in [0.4, 0.5) is 4.39 Å². The molecule has 0 atom stereocenters. The molecule has 0 aromatic heterocycles. The third-order valence-electron chi connectivity index (χ3n) is 5.21. The fraction of sp³-hybridized carbons (Fsp3) is 0.696. The van der Waals surface area contributed by atoms with Crippen molar-refractivity contribution in [3.05, 3.63) is 29.6 Å². The number of ether oxygens (including phenoxy) is 2. The number of carbonyl (C=O) groups is 1. The van der Waals surface area contributed by atoms with Gasteiger partial charge in [0.15, 0.2) is 11.6 Å². The molecule has 0 bridgehead atoms. The lowest BCUT2D eigenvalue weighted by Gasteiger charge is -2.36. The molecular weight excluding hydrogens is 371 g/mol. The van der Waals surface area contributed by atoms with Crippen molar-refractivity contribution in [1.82, 2.24) is 9.80 Å². The van der Waals surface area contributed by atoms with Gasteiger partial charge in [0.05, 0.1) is 18.8 Å². The van der Waals surface area contributed by atoms with E-state index in [1.165, 1.54) is 31.2 Å². The standard InChI is InChI=1S/C23H37FN2O3/c1-5-28-22(27)19-8-9-21(20(24)18-19)29-17-7-6-11-25-13-15-26(16-14-25)12-10-23(2,3)4/h8-9,18H,5-7,10-17H2,1-4H3. The molecule has 0 amide bonds. The number of nitrogens with zero attached hydrogens (tertiary/aromatic N) is 2.